The molecule has 0 radical (unpaired) electrons. The standard InChI is InChI=1S/C25H24F4N6O2/c1-24(2,37)19-10-17(5-6-20(19)26)35-21-18(22(36)34(35)13-25(27,28)29)12-31-23(33-21)32-16-4-3-14-7-8-30-11-15(14)9-16/h3-6,9-10,12,30,37H,7-8,11,13H2,1-2H3,(H,31,32,33). The molecule has 2 aromatic heterocycles. The zero-order valence-corrected chi connectivity index (χ0v) is 20.0. The summed E-state index contributed by atoms with van der Waals surface area (Å²) in [5.74, 6) is -0.671. The fraction of sp³-hybridized carbons (Fsp3) is 0.320. The lowest BCUT2D eigenvalue weighted by atomic mass is 9.97. The van der Waals surface area contributed by atoms with Gasteiger partial charge in [-0.15, -0.1) is 0 Å². The minimum Gasteiger partial charge on any atom is -0.386 e. The van der Waals surface area contributed by atoms with Crippen LogP contribution in [-0.4, -0.2) is 37.2 Å². The van der Waals surface area contributed by atoms with E-state index in [-0.39, 0.29) is 28.2 Å². The first-order valence-corrected chi connectivity index (χ1v) is 11.6. The van der Waals surface area contributed by atoms with Gasteiger partial charge < -0.3 is 15.7 Å². The largest absolute Gasteiger partial charge is 0.408 e. The van der Waals surface area contributed by atoms with Crippen molar-refractivity contribution in [1.29, 1.82) is 0 Å². The Labute approximate surface area is 208 Å². The highest BCUT2D eigenvalue weighted by Gasteiger charge is 2.32. The number of aliphatic hydroxyl groups is 1. The van der Waals surface area contributed by atoms with Gasteiger partial charge in [0, 0.05) is 24.0 Å². The first-order chi connectivity index (χ1) is 17.4. The summed E-state index contributed by atoms with van der Waals surface area (Å²) in [6, 6.07) is 9.23. The summed E-state index contributed by atoms with van der Waals surface area (Å²) < 4.78 is 56.3. The monoisotopic (exact) mass is 516 g/mol. The molecule has 194 valence electrons. The summed E-state index contributed by atoms with van der Waals surface area (Å²) in [6.45, 7) is 2.70. The normalized spacial score (nSPS) is 14.1. The van der Waals surface area contributed by atoms with Crippen molar-refractivity contribution in [3.63, 3.8) is 0 Å². The third-order valence-corrected chi connectivity index (χ3v) is 6.21. The maximum absolute atomic E-state index is 14.4. The molecule has 0 amide bonds. The molecule has 0 fully saturated rings. The van der Waals surface area contributed by atoms with Gasteiger partial charge in [-0.05, 0) is 68.3 Å². The Morgan fingerprint density at radius 1 is 1.14 bits per heavy atom. The van der Waals surface area contributed by atoms with Gasteiger partial charge in [-0.3, -0.25) is 4.79 Å². The second kappa shape index (κ2) is 8.96. The fourth-order valence-electron chi connectivity index (χ4n) is 4.46. The van der Waals surface area contributed by atoms with Crippen LogP contribution in [0.25, 0.3) is 16.7 Å². The zero-order valence-electron chi connectivity index (χ0n) is 20.0. The van der Waals surface area contributed by atoms with Crippen molar-refractivity contribution in [2.75, 3.05) is 11.9 Å². The number of aromatic nitrogens is 4. The van der Waals surface area contributed by atoms with Crippen LogP contribution >= 0.6 is 0 Å². The third-order valence-electron chi connectivity index (χ3n) is 6.21. The molecule has 0 saturated carbocycles. The number of halogens is 4. The van der Waals surface area contributed by atoms with E-state index < -0.39 is 29.7 Å². The molecule has 0 unspecified atom stereocenters. The molecule has 3 heterocycles. The second-order valence-corrected chi connectivity index (χ2v) is 9.48. The number of hydrogen-bond donors (Lipinski definition) is 3. The van der Waals surface area contributed by atoms with Gasteiger partial charge in [0.25, 0.3) is 5.56 Å². The summed E-state index contributed by atoms with van der Waals surface area (Å²) in [6.07, 6.45) is -2.65. The number of nitrogens with one attached hydrogen (secondary N) is 2. The Morgan fingerprint density at radius 2 is 1.92 bits per heavy atom. The predicted molar refractivity (Wildman–Crippen MR) is 130 cm³/mol. The van der Waals surface area contributed by atoms with E-state index >= 15 is 0 Å². The summed E-state index contributed by atoms with van der Waals surface area (Å²) in [5.41, 5.74) is 0.214. The highest BCUT2D eigenvalue weighted by atomic mass is 19.4. The molecular weight excluding hydrogens is 492 g/mol. The summed E-state index contributed by atoms with van der Waals surface area (Å²) in [5, 5.41) is 16.6. The summed E-state index contributed by atoms with van der Waals surface area (Å²) in [7, 11) is 0. The number of hydrogen-bond acceptors (Lipinski definition) is 6. The predicted octanol–water partition coefficient (Wildman–Crippen LogP) is 3.90. The van der Waals surface area contributed by atoms with Crippen molar-refractivity contribution in [2.45, 2.75) is 45.1 Å². The van der Waals surface area contributed by atoms with Crippen LogP contribution in [0.5, 0.6) is 0 Å². The molecule has 12 heteroatoms. The molecule has 2 aromatic carbocycles. The van der Waals surface area contributed by atoms with Gasteiger partial charge in [-0.1, -0.05) is 6.07 Å². The number of benzene rings is 2. The average molecular weight is 516 g/mol. The maximum Gasteiger partial charge on any atom is 0.408 e. The smallest absolute Gasteiger partial charge is 0.386 e. The summed E-state index contributed by atoms with van der Waals surface area (Å²) >= 11 is 0. The van der Waals surface area contributed by atoms with Crippen LogP contribution in [0.4, 0.5) is 29.2 Å². The minimum absolute atomic E-state index is 0.0272. The molecule has 1 aliphatic rings. The van der Waals surface area contributed by atoms with Gasteiger partial charge in [0.15, 0.2) is 5.65 Å². The molecule has 0 aliphatic carbocycles. The second-order valence-electron chi connectivity index (χ2n) is 9.48. The van der Waals surface area contributed by atoms with Crippen LogP contribution in [0.3, 0.4) is 0 Å². The number of rotatable bonds is 5. The Bertz CT molecular complexity index is 1550. The lowest BCUT2D eigenvalue weighted by Gasteiger charge is -2.21. The van der Waals surface area contributed by atoms with Gasteiger partial charge in [-0.25, -0.2) is 18.7 Å². The van der Waals surface area contributed by atoms with E-state index in [4.69, 9.17) is 0 Å². The van der Waals surface area contributed by atoms with E-state index in [1.54, 1.807) is 0 Å². The molecular formula is C25H24F4N6O2. The number of nitrogens with zero attached hydrogens (tertiary/aromatic N) is 4. The first-order valence-electron chi connectivity index (χ1n) is 11.6. The van der Waals surface area contributed by atoms with E-state index in [0.29, 0.717) is 16.9 Å². The van der Waals surface area contributed by atoms with Crippen molar-refractivity contribution in [3.05, 3.63) is 75.5 Å². The highest BCUT2D eigenvalue weighted by Crippen LogP contribution is 2.28. The van der Waals surface area contributed by atoms with Gasteiger partial charge in [0.2, 0.25) is 5.95 Å². The number of fused-ring (bicyclic) bond motifs is 2. The minimum atomic E-state index is -4.72. The van der Waals surface area contributed by atoms with Crippen LogP contribution in [0.2, 0.25) is 0 Å². The van der Waals surface area contributed by atoms with Crippen LogP contribution in [0, 0.1) is 5.82 Å². The SMILES string of the molecule is CC(C)(O)c1cc(-n2c3nc(Nc4ccc5c(c4)CNCC5)ncc3c(=O)n2CC(F)(F)F)ccc1F. The first kappa shape index (κ1) is 24.9. The Hall–Kier alpha value is -3.77. The molecule has 8 nitrogen and oxygen atoms in total. The number of anilines is 2. The van der Waals surface area contributed by atoms with Crippen molar-refractivity contribution >= 4 is 22.7 Å². The van der Waals surface area contributed by atoms with E-state index in [1.807, 2.05) is 18.2 Å². The molecule has 1 aliphatic heterocycles. The molecule has 0 bridgehead atoms. The molecule has 0 saturated heterocycles. The molecule has 0 atom stereocenters. The van der Waals surface area contributed by atoms with Gasteiger partial charge in [0.05, 0.1) is 11.3 Å². The fourth-order valence-corrected chi connectivity index (χ4v) is 4.46. The lowest BCUT2D eigenvalue weighted by molar-refractivity contribution is -0.144. The lowest BCUT2D eigenvalue weighted by Crippen LogP contribution is -2.30. The van der Waals surface area contributed by atoms with Crippen molar-refractivity contribution < 1.29 is 22.7 Å². The van der Waals surface area contributed by atoms with Crippen LogP contribution in [0.1, 0.15) is 30.5 Å². The Morgan fingerprint density at radius 3 is 2.65 bits per heavy atom. The topological polar surface area (TPSA) is 97.0 Å². The van der Waals surface area contributed by atoms with Gasteiger partial charge in [-0.2, -0.15) is 18.2 Å². The zero-order chi connectivity index (χ0) is 26.5. The van der Waals surface area contributed by atoms with E-state index in [2.05, 4.69) is 20.6 Å². The molecule has 37 heavy (non-hydrogen) atoms. The number of alkyl halides is 3. The van der Waals surface area contributed by atoms with E-state index in [1.165, 1.54) is 31.5 Å². The highest BCUT2D eigenvalue weighted by molar-refractivity contribution is 5.77. The Kier molecular flexibility index (Phi) is 6.03. The van der Waals surface area contributed by atoms with E-state index in [9.17, 15) is 27.5 Å². The Balaban J connectivity index is 1.66. The molecule has 5 rings (SSSR count). The molecule has 3 N–H and O–H groups in total. The van der Waals surface area contributed by atoms with Crippen LogP contribution < -0.4 is 16.2 Å². The van der Waals surface area contributed by atoms with Crippen LogP contribution in [-0.2, 0) is 25.1 Å². The average Bonchev–Trinajstić information content (AvgIpc) is 3.08. The van der Waals surface area contributed by atoms with Gasteiger partial charge >= 0.3 is 6.18 Å². The maximum atomic E-state index is 14.4. The van der Waals surface area contributed by atoms with Crippen molar-refractivity contribution in [3.8, 4) is 5.69 Å². The van der Waals surface area contributed by atoms with Gasteiger partial charge in [0.1, 0.15) is 17.7 Å². The summed E-state index contributed by atoms with van der Waals surface area (Å²) in [4.78, 5) is 21.5. The quantitative estimate of drug-likeness (QED) is 0.348. The third kappa shape index (κ3) is 4.94. The van der Waals surface area contributed by atoms with Crippen molar-refractivity contribution in [2.24, 2.45) is 0 Å². The van der Waals surface area contributed by atoms with Crippen LogP contribution in [0.15, 0.2) is 47.4 Å². The molecule has 4 aromatic rings. The van der Waals surface area contributed by atoms with E-state index in [0.717, 1.165) is 35.5 Å². The molecule has 0 spiro atoms. The van der Waals surface area contributed by atoms with Crippen molar-refractivity contribution in [1.82, 2.24) is 24.6 Å².